The maximum Gasteiger partial charge on any atom is 0.252 e. The van der Waals surface area contributed by atoms with Crippen molar-refractivity contribution in [1.29, 1.82) is 0 Å². The summed E-state index contributed by atoms with van der Waals surface area (Å²) in [5, 5.41) is 5.40. The molecule has 6 nitrogen and oxygen atoms in total. The molecule has 7 heteroatoms. The van der Waals surface area contributed by atoms with E-state index < -0.39 is 5.82 Å². The van der Waals surface area contributed by atoms with E-state index in [2.05, 4.69) is 10.6 Å². The Hall–Kier alpha value is -2.96. The molecule has 0 atom stereocenters. The van der Waals surface area contributed by atoms with Crippen molar-refractivity contribution >= 4 is 11.8 Å². The number of halogens is 1. The van der Waals surface area contributed by atoms with Gasteiger partial charge in [-0.15, -0.1) is 0 Å². The number of aromatic nitrogens is 1. The van der Waals surface area contributed by atoms with Gasteiger partial charge in [0.15, 0.2) is 0 Å². The Labute approximate surface area is 138 Å². The molecule has 24 heavy (non-hydrogen) atoms. The highest BCUT2D eigenvalue weighted by atomic mass is 19.1. The minimum absolute atomic E-state index is 0.185. The van der Waals surface area contributed by atoms with Crippen LogP contribution in [0, 0.1) is 5.82 Å². The summed E-state index contributed by atoms with van der Waals surface area (Å²) in [6, 6.07) is 8.06. The van der Waals surface area contributed by atoms with Crippen LogP contribution in [-0.2, 0) is 7.05 Å². The topological polar surface area (TPSA) is 80.2 Å². The Bertz CT molecular complexity index is 784. The first-order valence-electron chi connectivity index (χ1n) is 7.46. The molecule has 0 bridgehead atoms. The highest BCUT2D eigenvalue weighted by Gasteiger charge is 2.07. The number of hydrogen-bond donors (Lipinski definition) is 2. The summed E-state index contributed by atoms with van der Waals surface area (Å²) in [7, 11) is 1.57. The molecule has 0 saturated heterocycles. The number of carbonyl (C=O) groups is 2. The molecule has 2 rings (SSSR count). The van der Waals surface area contributed by atoms with Crippen LogP contribution < -0.4 is 16.2 Å². The third-order valence-corrected chi connectivity index (χ3v) is 3.38. The van der Waals surface area contributed by atoms with E-state index in [-0.39, 0.29) is 17.4 Å². The highest BCUT2D eigenvalue weighted by Crippen LogP contribution is 2.02. The maximum absolute atomic E-state index is 12.8. The van der Waals surface area contributed by atoms with Gasteiger partial charge in [-0.2, -0.15) is 0 Å². The molecule has 2 amide bonds. The number of benzene rings is 1. The van der Waals surface area contributed by atoms with Gasteiger partial charge in [0.25, 0.3) is 11.8 Å². The zero-order valence-electron chi connectivity index (χ0n) is 13.2. The highest BCUT2D eigenvalue weighted by molar-refractivity contribution is 5.94. The molecule has 2 aromatic rings. The van der Waals surface area contributed by atoms with Crippen LogP contribution in [0.15, 0.2) is 47.4 Å². The largest absolute Gasteiger partial charge is 0.352 e. The number of nitrogens with one attached hydrogen (secondary N) is 2. The first-order chi connectivity index (χ1) is 11.5. The molecule has 1 aromatic heterocycles. The van der Waals surface area contributed by atoms with E-state index in [1.54, 1.807) is 7.05 Å². The molecule has 0 aliphatic rings. The first kappa shape index (κ1) is 17.4. The summed E-state index contributed by atoms with van der Waals surface area (Å²) >= 11 is 0. The molecule has 0 fully saturated rings. The number of carbonyl (C=O) groups excluding carboxylic acids is 2. The SMILES string of the molecule is Cn1cc(C(=O)NCCCNC(=O)c2ccc(F)cc2)ccc1=O. The van der Waals surface area contributed by atoms with Crippen LogP contribution in [-0.4, -0.2) is 29.5 Å². The Balaban J connectivity index is 1.71. The van der Waals surface area contributed by atoms with E-state index in [9.17, 15) is 18.8 Å². The van der Waals surface area contributed by atoms with Gasteiger partial charge >= 0.3 is 0 Å². The predicted molar refractivity (Wildman–Crippen MR) is 87.4 cm³/mol. The van der Waals surface area contributed by atoms with Crippen LogP contribution in [0.1, 0.15) is 27.1 Å². The molecular weight excluding hydrogens is 313 g/mol. The van der Waals surface area contributed by atoms with Crippen molar-refractivity contribution in [3.63, 3.8) is 0 Å². The summed E-state index contributed by atoms with van der Waals surface area (Å²) in [5.74, 6) is -0.970. The molecule has 0 saturated carbocycles. The fraction of sp³-hybridized carbons (Fsp3) is 0.235. The molecule has 0 unspecified atom stereocenters. The van der Waals surface area contributed by atoms with E-state index in [0.29, 0.717) is 30.6 Å². The molecule has 1 heterocycles. The molecule has 0 aliphatic heterocycles. The minimum atomic E-state index is -0.396. The minimum Gasteiger partial charge on any atom is -0.352 e. The third kappa shape index (κ3) is 4.77. The maximum atomic E-state index is 12.8. The summed E-state index contributed by atoms with van der Waals surface area (Å²) in [5.41, 5.74) is 0.591. The van der Waals surface area contributed by atoms with E-state index in [1.807, 2.05) is 0 Å². The van der Waals surface area contributed by atoms with Crippen molar-refractivity contribution in [3.05, 3.63) is 69.9 Å². The Kier molecular flexibility index (Phi) is 5.83. The fourth-order valence-electron chi connectivity index (χ4n) is 2.03. The first-order valence-corrected chi connectivity index (χ1v) is 7.46. The molecule has 126 valence electrons. The van der Waals surface area contributed by atoms with Crippen molar-refractivity contribution in [3.8, 4) is 0 Å². The fourth-order valence-corrected chi connectivity index (χ4v) is 2.03. The summed E-state index contributed by atoms with van der Waals surface area (Å²) in [4.78, 5) is 35.0. The lowest BCUT2D eigenvalue weighted by atomic mass is 10.2. The van der Waals surface area contributed by atoms with Crippen LogP contribution in [0.25, 0.3) is 0 Å². The molecule has 2 N–H and O–H groups in total. The van der Waals surface area contributed by atoms with Crippen molar-refractivity contribution < 1.29 is 14.0 Å². The average Bonchev–Trinajstić information content (AvgIpc) is 2.57. The number of nitrogens with zero attached hydrogens (tertiary/aromatic N) is 1. The van der Waals surface area contributed by atoms with Crippen molar-refractivity contribution in [2.45, 2.75) is 6.42 Å². The van der Waals surface area contributed by atoms with Gasteiger partial charge in [-0.05, 0) is 36.8 Å². The monoisotopic (exact) mass is 331 g/mol. The second-order valence-corrected chi connectivity index (χ2v) is 5.24. The molecule has 0 aliphatic carbocycles. The number of amides is 2. The van der Waals surface area contributed by atoms with Crippen molar-refractivity contribution in [2.75, 3.05) is 13.1 Å². The molecular formula is C17H18FN3O3. The molecule has 0 radical (unpaired) electrons. The van der Waals surface area contributed by atoms with Gasteiger partial charge in [0.2, 0.25) is 5.56 Å². The van der Waals surface area contributed by atoms with Gasteiger partial charge in [-0.25, -0.2) is 4.39 Å². The summed E-state index contributed by atoms with van der Waals surface area (Å²) < 4.78 is 14.1. The van der Waals surface area contributed by atoms with E-state index in [4.69, 9.17) is 0 Å². The van der Waals surface area contributed by atoms with E-state index in [1.165, 1.54) is 47.2 Å². The Morgan fingerprint density at radius 2 is 1.50 bits per heavy atom. The standard InChI is InChI=1S/C17H18FN3O3/c1-21-11-13(5-8-15(21)22)17(24)20-10-2-9-19-16(23)12-3-6-14(18)7-4-12/h3-8,11H,2,9-10H2,1H3,(H,19,23)(H,20,24). The summed E-state index contributed by atoms with van der Waals surface area (Å²) in [6.07, 6.45) is 2.01. The number of hydrogen-bond acceptors (Lipinski definition) is 3. The third-order valence-electron chi connectivity index (χ3n) is 3.38. The Morgan fingerprint density at radius 3 is 2.08 bits per heavy atom. The lowest BCUT2D eigenvalue weighted by Crippen LogP contribution is -2.30. The summed E-state index contributed by atoms with van der Waals surface area (Å²) in [6.45, 7) is 0.759. The molecule has 1 aromatic carbocycles. The number of aryl methyl sites for hydroxylation is 1. The number of pyridine rings is 1. The van der Waals surface area contributed by atoms with Gasteiger partial charge in [-0.1, -0.05) is 0 Å². The van der Waals surface area contributed by atoms with Gasteiger partial charge in [0.1, 0.15) is 5.82 Å². The van der Waals surface area contributed by atoms with Crippen molar-refractivity contribution in [1.82, 2.24) is 15.2 Å². The van der Waals surface area contributed by atoms with Gasteiger partial charge in [0, 0.05) is 38.0 Å². The lowest BCUT2D eigenvalue weighted by molar-refractivity contribution is 0.0951. The van der Waals surface area contributed by atoms with Crippen molar-refractivity contribution in [2.24, 2.45) is 7.05 Å². The normalized spacial score (nSPS) is 10.2. The van der Waals surface area contributed by atoms with Crippen LogP contribution in [0.3, 0.4) is 0 Å². The molecule has 0 spiro atoms. The second kappa shape index (κ2) is 8.05. The van der Waals surface area contributed by atoms with Crippen LogP contribution in [0.4, 0.5) is 4.39 Å². The van der Waals surface area contributed by atoms with Crippen LogP contribution in [0.5, 0.6) is 0 Å². The zero-order chi connectivity index (χ0) is 17.5. The predicted octanol–water partition coefficient (Wildman–Crippen LogP) is 1.07. The van der Waals surface area contributed by atoms with Gasteiger partial charge in [-0.3, -0.25) is 14.4 Å². The van der Waals surface area contributed by atoms with Gasteiger partial charge < -0.3 is 15.2 Å². The van der Waals surface area contributed by atoms with E-state index in [0.717, 1.165) is 0 Å². The van der Waals surface area contributed by atoms with Crippen LogP contribution >= 0.6 is 0 Å². The Morgan fingerprint density at radius 1 is 0.958 bits per heavy atom. The number of rotatable bonds is 6. The quantitative estimate of drug-likeness (QED) is 0.777. The second-order valence-electron chi connectivity index (χ2n) is 5.24. The van der Waals surface area contributed by atoms with E-state index >= 15 is 0 Å². The lowest BCUT2D eigenvalue weighted by Gasteiger charge is -2.07. The van der Waals surface area contributed by atoms with Gasteiger partial charge in [0.05, 0.1) is 5.56 Å². The smallest absolute Gasteiger partial charge is 0.252 e. The van der Waals surface area contributed by atoms with Crippen LogP contribution in [0.2, 0.25) is 0 Å². The average molecular weight is 331 g/mol. The zero-order valence-corrected chi connectivity index (χ0v) is 13.2.